The van der Waals surface area contributed by atoms with Crippen molar-refractivity contribution in [1.29, 1.82) is 0 Å². The molecule has 1 aliphatic rings. The van der Waals surface area contributed by atoms with E-state index in [-0.39, 0.29) is 23.6 Å². The average Bonchev–Trinajstić information content (AvgIpc) is 3.43. The Hall–Kier alpha value is -5.88. The van der Waals surface area contributed by atoms with Gasteiger partial charge in [-0.1, -0.05) is 59.9 Å². The summed E-state index contributed by atoms with van der Waals surface area (Å²) in [5, 5.41) is 4.87. The SMILES string of the molecule is CCOc1cc(/C=c2/sc3n(c2=O)[C@@H](c2ccc(OC)c(OC)c2)C(C(=O)OC)=C(C)N=3)ccc1OCC(=O)Nc1cccc2ccccc12. The first-order valence-electron chi connectivity index (χ1n) is 15.8. The van der Waals surface area contributed by atoms with Crippen LogP contribution in [0.3, 0.4) is 0 Å². The van der Waals surface area contributed by atoms with E-state index in [1.165, 1.54) is 37.2 Å². The summed E-state index contributed by atoms with van der Waals surface area (Å²) in [6.07, 6.45) is 1.73. The predicted molar refractivity (Wildman–Crippen MR) is 191 cm³/mol. The number of rotatable bonds is 11. The molecule has 1 amide bonds. The van der Waals surface area contributed by atoms with Crippen LogP contribution in [0.4, 0.5) is 5.69 Å². The number of amides is 1. The van der Waals surface area contributed by atoms with Gasteiger partial charge in [-0.2, -0.15) is 0 Å². The molecule has 5 aromatic rings. The summed E-state index contributed by atoms with van der Waals surface area (Å²) in [5.41, 5.74) is 2.32. The second-order valence-electron chi connectivity index (χ2n) is 11.2. The zero-order valence-electron chi connectivity index (χ0n) is 28.1. The standard InChI is InChI=1S/C38H35N3O8S/c1-6-48-31-18-23(14-16-29(31)49-21-33(42)40-27-13-9-11-24-10-7-8-12-26(24)27)19-32-36(43)41-35(25-15-17-28(45-3)30(20-25)46-4)34(37(44)47-5)22(2)39-38(41)50-32/h7-20,35H,6,21H2,1-5H3,(H,40,42)/b32-19+/t35-/m0/s1. The quantitative estimate of drug-likeness (QED) is 0.192. The molecule has 1 aliphatic heterocycles. The molecule has 4 aromatic carbocycles. The van der Waals surface area contributed by atoms with Gasteiger partial charge in [0.2, 0.25) is 0 Å². The Kier molecular flexibility index (Phi) is 10.0. The van der Waals surface area contributed by atoms with Crippen molar-refractivity contribution in [3.8, 4) is 23.0 Å². The van der Waals surface area contributed by atoms with E-state index < -0.39 is 12.0 Å². The Morgan fingerprint density at radius 3 is 2.42 bits per heavy atom. The van der Waals surface area contributed by atoms with Crippen LogP contribution in [0.15, 0.2) is 99.9 Å². The van der Waals surface area contributed by atoms with Gasteiger partial charge < -0.3 is 29.0 Å². The van der Waals surface area contributed by atoms with Gasteiger partial charge in [0.15, 0.2) is 34.4 Å². The molecule has 256 valence electrons. The minimum atomic E-state index is -0.824. The largest absolute Gasteiger partial charge is 0.493 e. The predicted octanol–water partition coefficient (Wildman–Crippen LogP) is 4.99. The molecule has 50 heavy (non-hydrogen) atoms. The normalized spacial score (nSPS) is 14.1. The molecule has 0 bridgehead atoms. The van der Waals surface area contributed by atoms with Crippen LogP contribution in [0.2, 0.25) is 0 Å². The van der Waals surface area contributed by atoms with Crippen molar-refractivity contribution < 1.29 is 33.3 Å². The van der Waals surface area contributed by atoms with Crippen molar-refractivity contribution in [1.82, 2.24) is 4.57 Å². The number of hydrogen-bond acceptors (Lipinski definition) is 10. The first-order valence-corrected chi connectivity index (χ1v) is 16.6. The molecule has 2 heterocycles. The van der Waals surface area contributed by atoms with Gasteiger partial charge in [0.05, 0.1) is 49.8 Å². The van der Waals surface area contributed by atoms with Gasteiger partial charge >= 0.3 is 5.97 Å². The summed E-state index contributed by atoms with van der Waals surface area (Å²) in [4.78, 5) is 45.1. The van der Waals surface area contributed by atoms with E-state index in [9.17, 15) is 14.4 Å². The van der Waals surface area contributed by atoms with E-state index >= 15 is 0 Å². The number of benzene rings is 4. The number of ether oxygens (including phenoxy) is 5. The van der Waals surface area contributed by atoms with Crippen LogP contribution in [0, 0.1) is 0 Å². The molecule has 1 aromatic heterocycles. The fourth-order valence-corrected chi connectivity index (χ4v) is 6.89. The lowest BCUT2D eigenvalue weighted by Crippen LogP contribution is -2.39. The number of hydrogen-bond donors (Lipinski definition) is 1. The molecule has 11 nitrogen and oxygen atoms in total. The van der Waals surface area contributed by atoms with Crippen molar-refractivity contribution in [2.75, 3.05) is 39.9 Å². The zero-order chi connectivity index (χ0) is 35.4. The van der Waals surface area contributed by atoms with Crippen molar-refractivity contribution >= 4 is 45.7 Å². The van der Waals surface area contributed by atoms with Gasteiger partial charge in [0.1, 0.15) is 0 Å². The molecule has 1 N–H and O–H groups in total. The number of methoxy groups -OCH3 is 3. The fraction of sp³-hybridized carbons (Fsp3) is 0.211. The molecule has 0 aliphatic carbocycles. The molecule has 0 fully saturated rings. The van der Waals surface area contributed by atoms with E-state index in [2.05, 4.69) is 10.3 Å². The number of fused-ring (bicyclic) bond motifs is 2. The number of allylic oxidation sites excluding steroid dienone is 1. The van der Waals surface area contributed by atoms with Gasteiger partial charge in [0.25, 0.3) is 11.5 Å². The topological polar surface area (TPSA) is 127 Å². The first-order chi connectivity index (χ1) is 24.3. The summed E-state index contributed by atoms with van der Waals surface area (Å²) in [6, 6.07) is 23.1. The lowest BCUT2D eigenvalue weighted by atomic mass is 9.95. The van der Waals surface area contributed by atoms with Crippen LogP contribution in [-0.4, -0.2) is 51.0 Å². The molecule has 6 rings (SSSR count). The van der Waals surface area contributed by atoms with Gasteiger partial charge in [-0.15, -0.1) is 0 Å². The van der Waals surface area contributed by atoms with Crippen molar-refractivity contribution in [2.45, 2.75) is 19.9 Å². The second kappa shape index (κ2) is 14.7. The smallest absolute Gasteiger partial charge is 0.338 e. The molecular weight excluding hydrogens is 658 g/mol. The minimum absolute atomic E-state index is 0.237. The lowest BCUT2D eigenvalue weighted by Gasteiger charge is -2.25. The van der Waals surface area contributed by atoms with E-state index in [0.29, 0.717) is 61.5 Å². The molecule has 0 spiro atoms. The van der Waals surface area contributed by atoms with Gasteiger partial charge in [-0.05, 0) is 66.8 Å². The monoisotopic (exact) mass is 693 g/mol. The highest BCUT2D eigenvalue weighted by atomic mass is 32.1. The maximum Gasteiger partial charge on any atom is 0.338 e. The maximum absolute atomic E-state index is 14.1. The number of thiazole rings is 1. The molecule has 0 saturated heterocycles. The van der Waals surface area contributed by atoms with Crippen LogP contribution in [0.25, 0.3) is 16.8 Å². The second-order valence-corrected chi connectivity index (χ2v) is 12.2. The Morgan fingerprint density at radius 1 is 0.900 bits per heavy atom. The van der Waals surface area contributed by atoms with Crippen LogP contribution >= 0.6 is 11.3 Å². The Morgan fingerprint density at radius 2 is 1.66 bits per heavy atom. The molecule has 0 radical (unpaired) electrons. The number of nitrogens with one attached hydrogen (secondary N) is 1. The van der Waals surface area contributed by atoms with E-state index in [0.717, 1.165) is 10.8 Å². The molecule has 0 saturated carbocycles. The number of carbonyl (C=O) groups excluding carboxylic acids is 2. The third-order valence-electron chi connectivity index (χ3n) is 8.14. The first kappa shape index (κ1) is 34.0. The third-order valence-corrected chi connectivity index (χ3v) is 9.12. The number of nitrogens with zero attached hydrogens (tertiary/aromatic N) is 2. The lowest BCUT2D eigenvalue weighted by molar-refractivity contribution is -0.136. The van der Waals surface area contributed by atoms with Crippen LogP contribution in [-0.2, 0) is 14.3 Å². The number of esters is 1. The van der Waals surface area contributed by atoms with Gasteiger partial charge in [-0.25, -0.2) is 9.79 Å². The molecule has 0 unspecified atom stereocenters. The molecule has 12 heteroatoms. The van der Waals surface area contributed by atoms with Gasteiger partial charge in [0, 0.05) is 11.1 Å². The summed E-state index contributed by atoms with van der Waals surface area (Å²) in [5.74, 6) is 0.835. The fourth-order valence-electron chi connectivity index (χ4n) is 5.85. The average molecular weight is 694 g/mol. The van der Waals surface area contributed by atoms with Crippen LogP contribution in [0.1, 0.15) is 31.0 Å². The van der Waals surface area contributed by atoms with E-state index in [1.54, 1.807) is 49.4 Å². The summed E-state index contributed by atoms with van der Waals surface area (Å²) < 4.78 is 29.7. The highest BCUT2D eigenvalue weighted by molar-refractivity contribution is 7.07. The van der Waals surface area contributed by atoms with Crippen molar-refractivity contribution in [3.05, 3.63) is 121 Å². The van der Waals surface area contributed by atoms with E-state index in [1.807, 2.05) is 49.4 Å². The minimum Gasteiger partial charge on any atom is -0.493 e. The highest BCUT2D eigenvalue weighted by Gasteiger charge is 2.33. The van der Waals surface area contributed by atoms with Crippen molar-refractivity contribution in [3.63, 3.8) is 0 Å². The summed E-state index contributed by atoms with van der Waals surface area (Å²) in [6.45, 7) is 3.67. The Labute approximate surface area is 291 Å². The zero-order valence-corrected chi connectivity index (χ0v) is 29.0. The summed E-state index contributed by atoms with van der Waals surface area (Å²) >= 11 is 1.20. The molecular formula is C38H35N3O8S. The van der Waals surface area contributed by atoms with Crippen LogP contribution < -0.4 is 39.2 Å². The van der Waals surface area contributed by atoms with Crippen molar-refractivity contribution in [2.24, 2.45) is 4.99 Å². The van der Waals surface area contributed by atoms with Crippen LogP contribution in [0.5, 0.6) is 23.0 Å². The number of carbonyl (C=O) groups is 2. The number of anilines is 1. The molecule has 1 atom stereocenters. The Balaban J connectivity index is 1.31. The summed E-state index contributed by atoms with van der Waals surface area (Å²) in [7, 11) is 4.34. The maximum atomic E-state index is 14.1. The van der Waals surface area contributed by atoms with E-state index in [4.69, 9.17) is 23.7 Å². The number of aromatic nitrogens is 1. The Bertz CT molecular complexity index is 2320. The third kappa shape index (κ3) is 6.70. The highest BCUT2D eigenvalue weighted by Crippen LogP contribution is 2.36. The van der Waals surface area contributed by atoms with Gasteiger partial charge in [-0.3, -0.25) is 14.2 Å².